The van der Waals surface area contributed by atoms with E-state index in [0.717, 1.165) is 5.56 Å². The van der Waals surface area contributed by atoms with Crippen LogP contribution in [0.25, 0.3) is 0 Å². The molecule has 1 aromatic carbocycles. The van der Waals surface area contributed by atoms with Crippen molar-refractivity contribution in [1.29, 1.82) is 0 Å². The molecule has 0 saturated heterocycles. The van der Waals surface area contributed by atoms with Crippen LogP contribution in [0.3, 0.4) is 0 Å². The number of anilines is 1. The molecule has 0 heterocycles. The van der Waals surface area contributed by atoms with Gasteiger partial charge >= 0.3 is 6.03 Å². The normalized spacial score (nSPS) is 11.6. The Hall–Kier alpha value is -2.08. The number of nitrogens with one attached hydrogen (secondary N) is 3. The standard InChI is InChI=1S/C14H22N4O2/c1-3-16-13(19)8-9-17-14(20)18-12-6-4-11(5-7-12)10(2)15/h4-7,10H,3,8-9,15H2,1-2H3,(H,16,19)(H2,17,18,20). The van der Waals surface area contributed by atoms with Crippen LogP contribution >= 0.6 is 0 Å². The summed E-state index contributed by atoms with van der Waals surface area (Å²) in [6.07, 6.45) is 0.269. The Morgan fingerprint density at radius 3 is 2.40 bits per heavy atom. The van der Waals surface area contributed by atoms with E-state index in [2.05, 4.69) is 16.0 Å². The van der Waals surface area contributed by atoms with Crippen molar-refractivity contribution < 1.29 is 9.59 Å². The van der Waals surface area contributed by atoms with Gasteiger partial charge in [0.1, 0.15) is 0 Å². The molecule has 0 aliphatic heterocycles. The lowest BCUT2D eigenvalue weighted by Crippen LogP contribution is -2.33. The predicted molar refractivity (Wildman–Crippen MR) is 79.4 cm³/mol. The first-order valence-corrected chi connectivity index (χ1v) is 6.70. The van der Waals surface area contributed by atoms with Crippen molar-refractivity contribution in [3.05, 3.63) is 29.8 Å². The molecular weight excluding hydrogens is 256 g/mol. The zero-order valence-electron chi connectivity index (χ0n) is 11.9. The first kappa shape index (κ1) is 16.0. The van der Waals surface area contributed by atoms with Gasteiger partial charge in [0.05, 0.1) is 0 Å². The van der Waals surface area contributed by atoms with Crippen molar-refractivity contribution in [2.45, 2.75) is 26.3 Å². The van der Waals surface area contributed by atoms with E-state index < -0.39 is 0 Å². The van der Waals surface area contributed by atoms with Gasteiger partial charge in [-0.15, -0.1) is 0 Å². The molecule has 1 unspecified atom stereocenters. The first-order valence-electron chi connectivity index (χ1n) is 6.70. The summed E-state index contributed by atoms with van der Waals surface area (Å²) in [6, 6.07) is 6.96. The molecule has 1 atom stereocenters. The van der Waals surface area contributed by atoms with Crippen LogP contribution in [-0.2, 0) is 4.79 Å². The average molecular weight is 278 g/mol. The lowest BCUT2D eigenvalue weighted by Gasteiger charge is -2.09. The summed E-state index contributed by atoms with van der Waals surface area (Å²) in [6.45, 7) is 4.65. The van der Waals surface area contributed by atoms with Crippen LogP contribution in [0.2, 0.25) is 0 Å². The number of benzene rings is 1. The summed E-state index contributed by atoms with van der Waals surface area (Å²) in [5.74, 6) is -0.0749. The van der Waals surface area contributed by atoms with E-state index in [9.17, 15) is 9.59 Å². The maximum Gasteiger partial charge on any atom is 0.319 e. The molecule has 0 aromatic heterocycles. The summed E-state index contributed by atoms with van der Waals surface area (Å²) in [4.78, 5) is 22.8. The zero-order valence-corrected chi connectivity index (χ0v) is 11.9. The number of carbonyl (C=O) groups excluding carboxylic acids is 2. The minimum atomic E-state index is -0.331. The Morgan fingerprint density at radius 1 is 1.20 bits per heavy atom. The fourth-order valence-corrected chi connectivity index (χ4v) is 1.62. The fraction of sp³-hybridized carbons (Fsp3) is 0.429. The third-order valence-electron chi connectivity index (χ3n) is 2.71. The van der Waals surface area contributed by atoms with Gasteiger partial charge in [0, 0.05) is 31.2 Å². The number of hydrogen-bond acceptors (Lipinski definition) is 3. The van der Waals surface area contributed by atoms with Crippen molar-refractivity contribution in [1.82, 2.24) is 10.6 Å². The van der Waals surface area contributed by atoms with E-state index in [1.54, 1.807) is 12.1 Å². The second kappa shape index (κ2) is 8.16. The molecule has 3 amide bonds. The van der Waals surface area contributed by atoms with Crippen LogP contribution in [0, 0.1) is 0 Å². The second-order valence-electron chi connectivity index (χ2n) is 4.50. The van der Waals surface area contributed by atoms with Crippen LogP contribution in [0.15, 0.2) is 24.3 Å². The monoisotopic (exact) mass is 278 g/mol. The molecular formula is C14H22N4O2. The van der Waals surface area contributed by atoms with Gasteiger partial charge in [0.25, 0.3) is 0 Å². The van der Waals surface area contributed by atoms with Crippen molar-refractivity contribution in [2.75, 3.05) is 18.4 Å². The average Bonchev–Trinajstić information content (AvgIpc) is 2.39. The number of amides is 3. The summed E-state index contributed by atoms with van der Waals surface area (Å²) < 4.78 is 0. The maximum absolute atomic E-state index is 11.6. The SMILES string of the molecule is CCNC(=O)CCNC(=O)Nc1ccc(C(C)N)cc1. The Labute approximate surface area is 119 Å². The Morgan fingerprint density at radius 2 is 1.85 bits per heavy atom. The van der Waals surface area contributed by atoms with Gasteiger partial charge in [-0.2, -0.15) is 0 Å². The van der Waals surface area contributed by atoms with Gasteiger partial charge in [0.2, 0.25) is 5.91 Å². The van der Waals surface area contributed by atoms with Gasteiger partial charge in [-0.3, -0.25) is 4.79 Å². The van der Waals surface area contributed by atoms with Crippen LogP contribution < -0.4 is 21.7 Å². The van der Waals surface area contributed by atoms with E-state index in [0.29, 0.717) is 18.8 Å². The number of urea groups is 1. The summed E-state index contributed by atoms with van der Waals surface area (Å²) in [7, 11) is 0. The third kappa shape index (κ3) is 5.71. The lowest BCUT2D eigenvalue weighted by atomic mass is 10.1. The molecule has 0 bridgehead atoms. The highest BCUT2D eigenvalue weighted by atomic mass is 16.2. The van der Waals surface area contributed by atoms with Crippen molar-refractivity contribution in [2.24, 2.45) is 5.73 Å². The molecule has 0 aliphatic carbocycles. The van der Waals surface area contributed by atoms with E-state index in [1.807, 2.05) is 26.0 Å². The largest absolute Gasteiger partial charge is 0.356 e. The molecule has 110 valence electrons. The summed E-state index contributed by atoms with van der Waals surface area (Å²) >= 11 is 0. The molecule has 0 aliphatic rings. The Bertz CT molecular complexity index is 443. The minimum Gasteiger partial charge on any atom is -0.356 e. The third-order valence-corrected chi connectivity index (χ3v) is 2.71. The van der Waals surface area contributed by atoms with Crippen LogP contribution in [0.1, 0.15) is 31.9 Å². The quantitative estimate of drug-likeness (QED) is 0.632. The zero-order chi connectivity index (χ0) is 15.0. The summed E-state index contributed by atoms with van der Waals surface area (Å²) in [5.41, 5.74) is 7.44. The molecule has 1 aromatic rings. The molecule has 5 N–H and O–H groups in total. The van der Waals surface area contributed by atoms with E-state index in [4.69, 9.17) is 5.73 Å². The maximum atomic E-state index is 11.6. The number of carbonyl (C=O) groups is 2. The minimum absolute atomic E-state index is 0.0324. The van der Waals surface area contributed by atoms with Gasteiger partial charge in [-0.05, 0) is 31.5 Å². The van der Waals surface area contributed by atoms with Gasteiger partial charge in [-0.25, -0.2) is 4.79 Å². The highest BCUT2D eigenvalue weighted by Crippen LogP contribution is 2.13. The van der Waals surface area contributed by atoms with E-state index >= 15 is 0 Å². The fourth-order valence-electron chi connectivity index (χ4n) is 1.62. The van der Waals surface area contributed by atoms with E-state index in [-0.39, 0.29) is 24.4 Å². The molecule has 0 saturated carbocycles. The Kier molecular flexibility index (Phi) is 6.52. The van der Waals surface area contributed by atoms with Gasteiger partial charge in [-0.1, -0.05) is 12.1 Å². The molecule has 20 heavy (non-hydrogen) atoms. The second-order valence-corrected chi connectivity index (χ2v) is 4.50. The van der Waals surface area contributed by atoms with Crippen molar-refractivity contribution in [3.8, 4) is 0 Å². The first-order chi connectivity index (χ1) is 9.52. The van der Waals surface area contributed by atoms with Gasteiger partial charge in [0.15, 0.2) is 0 Å². The lowest BCUT2D eigenvalue weighted by molar-refractivity contribution is -0.120. The topological polar surface area (TPSA) is 96.2 Å². The molecule has 1 rings (SSSR count). The molecule has 0 spiro atoms. The highest BCUT2D eigenvalue weighted by molar-refractivity contribution is 5.89. The summed E-state index contributed by atoms with van der Waals surface area (Å²) in [5, 5.41) is 7.98. The van der Waals surface area contributed by atoms with Crippen LogP contribution in [0.5, 0.6) is 0 Å². The van der Waals surface area contributed by atoms with Crippen molar-refractivity contribution in [3.63, 3.8) is 0 Å². The number of rotatable bonds is 6. The number of hydrogen-bond donors (Lipinski definition) is 4. The Balaban J connectivity index is 2.33. The number of nitrogens with two attached hydrogens (primary N) is 1. The molecule has 0 fully saturated rings. The van der Waals surface area contributed by atoms with Gasteiger partial charge < -0.3 is 21.7 Å². The molecule has 6 heteroatoms. The highest BCUT2D eigenvalue weighted by Gasteiger charge is 2.04. The van der Waals surface area contributed by atoms with E-state index in [1.165, 1.54) is 0 Å². The van der Waals surface area contributed by atoms with Crippen molar-refractivity contribution >= 4 is 17.6 Å². The predicted octanol–water partition coefficient (Wildman–Crippen LogP) is 1.35. The van der Waals surface area contributed by atoms with Crippen LogP contribution in [-0.4, -0.2) is 25.0 Å². The smallest absolute Gasteiger partial charge is 0.319 e. The molecule has 0 radical (unpaired) electrons. The molecule has 6 nitrogen and oxygen atoms in total. The van der Waals surface area contributed by atoms with Crippen LogP contribution in [0.4, 0.5) is 10.5 Å².